The second kappa shape index (κ2) is 7.81. The summed E-state index contributed by atoms with van der Waals surface area (Å²) >= 11 is 0. The van der Waals surface area contributed by atoms with Crippen LogP contribution < -0.4 is 5.32 Å². The molecule has 4 saturated carbocycles. The summed E-state index contributed by atoms with van der Waals surface area (Å²) in [4.78, 5) is 12.3. The highest BCUT2D eigenvalue weighted by molar-refractivity contribution is 5.87. The van der Waals surface area contributed by atoms with Crippen molar-refractivity contribution >= 4 is 5.91 Å². The number of alkyl halides is 1. The fourth-order valence-corrected chi connectivity index (χ4v) is 6.45. The molecule has 1 N–H and O–H groups in total. The van der Waals surface area contributed by atoms with Gasteiger partial charge in [-0.1, -0.05) is 37.3 Å². The quantitative estimate of drug-likeness (QED) is 0.455. The van der Waals surface area contributed by atoms with Gasteiger partial charge in [-0.2, -0.15) is 0 Å². The molecule has 0 saturated heterocycles. The summed E-state index contributed by atoms with van der Waals surface area (Å²) in [6.07, 6.45) is 15.0. The number of amides is 1. The van der Waals surface area contributed by atoms with Gasteiger partial charge >= 0.3 is 0 Å². The van der Waals surface area contributed by atoms with Crippen LogP contribution in [0, 0.1) is 17.3 Å². The lowest BCUT2D eigenvalue weighted by atomic mass is 9.74. The third-order valence-corrected chi connectivity index (χ3v) is 7.70. The normalized spacial score (nSPS) is 31.3. The van der Waals surface area contributed by atoms with E-state index in [1.165, 1.54) is 12.0 Å². The lowest BCUT2D eigenvalue weighted by Gasteiger charge is -2.34. The molecule has 31 heavy (non-hydrogen) atoms. The van der Waals surface area contributed by atoms with E-state index >= 15 is 0 Å². The number of aryl methyl sites for hydroxylation is 1. The number of aromatic nitrogens is 1. The van der Waals surface area contributed by atoms with Crippen molar-refractivity contribution < 1.29 is 9.18 Å². The van der Waals surface area contributed by atoms with Crippen molar-refractivity contribution in [3.8, 4) is 5.69 Å². The third-order valence-electron chi connectivity index (χ3n) is 7.70. The van der Waals surface area contributed by atoms with E-state index in [2.05, 4.69) is 47.1 Å². The standard InChI is InChI=1S/C27H31FN2O/c1-2-20-8-10-23(11-9-20)30-13-5-6-24(30)18-29-25(31)7-3-4-12-26-15-21-14-22(26)17-27(28,16-21)19-26/h3-13,21-22H,2,14-19H2,1H3,(H,29,31)/b7-3+,12-4+. The van der Waals surface area contributed by atoms with Gasteiger partial charge in [-0.15, -0.1) is 0 Å². The van der Waals surface area contributed by atoms with Crippen molar-refractivity contribution in [2.75, 3.05) is 0 Å². The summed E-state index contributed by atoms with van der Waals surface area (Å²) < 4.78 is 16.9. The molecular weight excluding hydrogens is 387 g/mol. The zero-order valence-corrected chi connectivity index (χ0v) is 18.2. The van der Waals surface area contributed by atoms with Crippen LogP contribution in [0.15, 0.2) is 66.9 Å². The van der Waals surface area contributed by atoms with Gasteiger partial charge in [0.05, 0.1) is 6.54 Å². The van der Waals surface area contributed by atoms with E-state index in [1.807, 2.05) is 24.4 Å². The molecule has 4 fully saturated rings. The van der Waals surface area contributed by atoms with Crippen molar-refractivity contribution in [2.45, 2.75) is 57.7 Å². The van der Waals surface area contributed by atoms with Crippen molar-refractivity contribution in [2.24, 2.45) is 17.3 Å². The minimum absolute atomic E-state index is 0.0344. The summed E-state index contributed by atoms with van der Waals surface area (Å²) in [5, 5.41) is 2.97. The van der Waals surface area contributed by atoms with Crippen LogP contribution >= 0.6 is 0 Å². The van der Waals surface area contributed by atoms with E-state index in [4.69, 9.17) is 0 Å². The zero-order chi connectivity index (χ0) is 21.5. The molecule has 1 heterocycles. The molecule has 4 bridgehead atoms. The number of hydrogen-bond acceptors (Lipinski definition) is 1. The number of halogens is 1. The Labute approximate surface area is 184 Å². The third kappa shape index (κ3) is 3.88. The Hall–Kier alpha value is -2.62. The molecule has 6 rings (SSSR count). The molecule has 4 aliphatic carbocycles. The predicted molar refractivity (Wildman–Crippen MR) is 122 cm³/mol. The van der Waals surface area contributed by atoms with E-state index < -0.39 is 5.67 Å². The second-order valence-corrected chi connectivity index (χ2v) is 9.80. The smallest absolute Gasteiger partial charge is 0.244 e. The molecule has 4 aliphatic rings. The molecule has 0 radical (unpaired) electrons. The number of nitrogens with one attached hydrogen (secondary N) is 1. The first kappa shape index (κ1) is 20.3. The summed E-state index contributed by atoms with van der Waals surface area (Å²) in [5.74, 6) is 0.938. The Bertz CT molecular complexity index is 1020. The number of allylic oxidation sites excluding steroid dienone is 3. The lowest BCUT2D eigenvalue weighted by molar-refractivity contribution is -0.116. The molecule has 0 spiro atoms. The second-order valence-electron chi connectivity index (χ2n) is 9.80. The number of nitrogens with zero attached hydrogens (tertiary/aromatic N) is 1. The van der Waals surface area contributed by atoms with E-state index in [-0.39, 0.29) is 11.3 Å². The van der Waals surface area contributed by atoms with Crippen LogP contribution in [0.4, 0.5) is 4.39 Å². The highest BCUT2D eigenvalue weighted by Crippen LogP contribution is 2.68. The van der Waals surface area contributed by atoms with Gasteiger partial charge in [0.15, 0.2) is 0 Å². The lowest BCUT2D eigenvalue weighted by Crippen LogP contribution is -2.31. The van der Waals surface area contributed by atoms with Crippen LogP contribution in [0.5, 0.6) is 0 Å². The molecule has 4 heteroatoms. The van der Waals surface area contributed by atoms with Gasteiger partial charge in [0, 0.05) is 23.7 Å². The maximum absolute atomic E-state index is 14.8. The average Bonchev–Trinajstić information content (AvgIpc) is 3.37. The Morgan fingerprint density at radius 3 is 2.81 bits per heavy atom. The van der Waals surface area contributed by atoms with Gasteiger partial charge in [-0.05, 0) is 85.6 Å². The molecular formula is C27H31FN2O. The summed E-state index contributed by atoms with van der Waals surface area (Å²) in [6, 6.07) is 12.5. The Morgan fingerprint density at radius 1 is 1.19 bits per heavy atom. The van der Waals surface area contributed by atoms with E-state index in [0.717, 1.165) is 37.1 Å². The number of carbonyl (C=O) groups is 1. The van der Waals surface area contributed by atoms with Crippen LogP contribution in [0.25, 0.3) is 5.69 Å². The highest BCUT2D eigenvalue weighted by atomic mass is 19.1. The first-order valence-electron chi connectivity index (χ1n) is 11.6. The molecule has 4 atom stereocenters. The molecule has 4 unspecified atom stereocenters. The number of hydrogen-bond donors (Lipinski definition) is 1. The van der Waals surface area contributed by atoms with Crippen LogP contribution in [0.1, 0.15) is 50.3 Å². The fraction of sp³-hybridized carbons (Fsp3) is 0.444. The molecule has 1 aromatic heterocycles. The first-order valence-corrected chi connectivity index (χ1v) is 11.6. The van der Waals surface area contributed by atoms with Gasteiger partial charge in [0.2, 0.25) is 5.91 Å². The highest BCUT2D eigenvalue weighted by Gasteiger charge is 2.63. The van der Waals surface area contributed by atoms with Gasteiger partial charge in [-0.3, -0.25) is 4.79 Å². The van der Waals surface area contributed by atoms with Crippen molar-refractivity contribution in [1.29, 1.82) is 0 Å². The number of carbonyl (C=O) groups excluding carboxylic acids is 1. The maximum atomic E-state index is 14.8. The zero-order valence-electron chi connectivity index (χ0n) is 18.2. The van der Waals surface area contributed by atoms with Crippen molar-refractivity contribution in [1.82, 2.24) is 9.88 Å². The van der Waals surface area contributed by atoms with Crippen LogP contribution in [-0.4, -0.2) is 16.1 Å². The van der Waals surface area contributed by atoms with Gasteiger partial charge in [-0.25, -0.2) is 4.39 Å². The monoisotopic (exact) mass is 418 g/mol. The van der Waals surface area contributed by atoms with Crippen LogP contribution in [0.2, 0.25) is 0 Å². The molecule has 2 aromatic rings. The molecule has 1 aromatic carbocycles. The Morgan fingerprint density at radius 2 is 2.03 bits per heavy atom. The first-order chi connectivity index (χ1) is 15.0. The average molecular weight is 419 g/mol. The Balaban J connectivity index is 1.17. The predicted octanol–water partition coefficient (Wildman–Crippen LogP) is 5.69. The van der Waals surface area contributed by atoms with E-state index in [1.54, 1.807) is 12.2 Å². The minimum atomic E-state index is -0.928. The molecule has 162 valence electrons. The summed E-state index contributed by atoms with van der Waals surface area (Å²) in [7, 11) is 0. The van der Waals surface area contributed by atoms with Crippen LogP contribution in [-0.2, 0) is 17.8 Å². The molecule has 1 amide bonds. The largest absolute Gasteiger partial charge is 0.347 e. The van der Waals surface area contributed by atoms with E-state index in [9.17, 15) is 9.18 Å². The summed E-state index contributed by atoms with van der Waals surface area (Å²) in [6.45, 7) is 2.61. The Kier molecular flexibility index (Phi) is 5.11. The number of benzene rings is 1. The minimum Gasteiger partial charge on any atom is -0.347 e. The van der Waals surface area contributed by atoms with Gasteiger partial charge in [0.25, 0.3) is 0 Å². The maximum Gasteiger partial charge on any atom is 0.244 e. The fourth-order valence-electron chi connectivity index (χ4n) is 6.45. The SMILES string of the molecule is CCc1ccc(-n2cccc2CNC(=O)/C=C/C=C/C23CC4CC2CC(F)(C4)C3)cc1. The summed E-state index contributed by atoms with van der Waals surface area (Å²) in [5.41, 5.74) is 2.54. The molecule has 3 nitrogen and oxygen atoms in total. The van der Waals surface area contributed by atoms with Crippen molar-refractivity contribution in [3.05, 3.63) is 78.2 Å². The van der Waals surface area contributed by atoms with Gasteiger partial charge in [0.1, 0.15) is 5.67 Å². The van der Waals surface area contributed by atoms with Crippen molar-refractivity contribution in [3.63, 3.8) is 0 Å². The topological polar surface area (TPSA) is 34.0 Å². The van der Waals surface area contributed by atoms with E-state index in [0.29, 0.717) is 24.8 Å². The number of rotatable bonds is 7. The van der Waals surface area contributed by atoms with Crippen LogP contribution in [0.3, 0.4) is 0 Å². The molecule has 0 aliphatic heterocycles. The van der Waals surface area contributed by atoms with Gasteiger partial charge < -0.3 is 9.88 Å².